The van der Waals surface area contributed by atoms with Crippen LogP contribution in [0.3, 0.4) is 0 Å². The van der Waals surface area contributed by atoms with Crippen LogP contribution in [-0.4, -0.2) is 26.3 Å². The molecule has 2 nitrogen and oxygen atoms in total. The van der Waals surface area contributed by atoms with Crippen LogP contribution in [0.1, 0.15) is 52.0 Å². The fourth-order valence-electron chi connectivity index (χ4n) is 2.74. The molecule has 1 aromatic carbocycles. The van der Waals surface area contributed by atoms with Gasteiger partial charge >= 0.3 is 0 Å². The fourth-order valence-corrected chi connectivity index (χ4v) is 2.74. The van der Waals surface area contributed by atoms with Crippen LogP contribution in [0.2, 0.25) is 0 Å². The maximum atomic E-state index is 5.18. The van der Waals surface area contributed by atoms with E-state index in [1.165, 1.54) is 24.8 Å². The topological polar surface area (TPSA) is 21.3 Å². The Morgan fingerprint density at radius 3 is 2.40 bits per heavy atom. The van der Waals surface area contributed by atoms with E-state index in [4.69, 9.17) is 4.74 Å². The molecule has 1 N–H and O–H groups in total. The quantitative estimate of drug-likeness (QED) is 0.649. The van der Waals surface area contributed by atoms with Crippen molar-refractivity contribution in [1.82, 2.24) is 5.32 Å². The highest BCUT2D eigenvalue weighted by Gasteiger charge is 2.29. The van der Waals surface area contributed by atoms with Crippen molar-refractivity contribution in [1.29, 1.82) is 0 Å². The lowest BCUT2D eigenvalue weighted by molar-refractivity contribution is 0.187. The normalized spacial score (nSPS) is 14.4. The number of ether oxygens (including phenoxy) is 1. The van der Waals surface area contributed by atoms with Crippen molar-refractivity contribution in [2.24, 2.45) is 0 Å². The van der Waals surface area contributed by atoms with Gasteiger partial charge in [0.05, 0.1) is 0 Å². The molecule has 0 heterocycles. The first-order valence-electron chi connectivity index (χ1n) is 7.92. The second kappa shape index (κ2) is 9.15. The van der Waals surface area contributed by atoms with Gasteiger partial charge in [0, 0.05) is 31.7 Å². The number of nitrogens with one attached hydrogen (secondary N) is 1. The monoisotopic (exact) mass is 277 g/mol. The lowest BCUT2D eigenvalue weighted by atomic mass is 9.74. The number of benzene rings is 1. The van der Waals surface area contributed by atoms with Crippen molar-refractivity contribution in [3.63, 3.8) is 0 Å². The van der Waals surface area contributed by atoms with Gasteiger partial charge in [-0.25, -0.2) is 0 Å². The Kier molecular flexibility index (Phi) is 7.86. The number of unbranched alkanes of at least 4 members (excludes halogenated alkanes) is 1. The number of methoxy groups -OCH3 is 1. The predicted octanol–water partition coefficient (Wildman–Crippen LogP) is 4.15. The molecule has 0 bridgehead atoms. The highest BCUT2D eigenvalue weighted by atomic mass is 16.5. The fraction of sp³-hybridized carbons (Fsp3) is 0.667. The van der Waals surface area contributed by atoms with Gasteiger partial charge in [0.15, 0.2) is 0 Å². The van der Waals surface area contributed by atoms with Gasteiger partial charge < -0.3 is 10.1 Å². The van der Waals surface area contributed by atoms with Crippen LogP contribution >= 0.6 is 0 Å². The van der Waals surface area contributed by atoms with Crippen LogP contribution < -0.4 is 5.32 Å². The number of rotatable bonds is 10. The molecule has 0 saturated heterocycles. The second-order valence-electron chi connectivity index (χ2n) is 5.99. The van der Waals surface area contributed by atoms with Gasteiger partial charge in [-0.15, -0.1) is 0 Å². The van der Waals surface area contributed by atoms with Gasteiger partial charge in [-0.05, 0) is 24.8 Å². The molecule has 2 heteroatoms. The molecule has 0 radical (unpaired) electrons. The summed E-state index contributed by atoms with van der Waals surface area (Å²) in [7, 11) is 1.78. The summed E-state index contributed by atoms with van der Waals surface area (Å²) in [5.74, 6) is 0. The Hall–Kier alpha value is -0.860. The predicted molar refractivity (Wildman–Crippen MR) is 87.3 cm³/mol. The molecule has 1 atom stereocenters. The molecule has 0 aromatic heterocycles. The average Bonchev–Trinajstić information content (AvgIpc) is 2.48. The summed E-state index contributed by atoms with van der Waals surface area (Å²) >= 11 is 0. The summed E-state index contributed by atoms with van der Waals surface area (Å²) in [6.07, 6.45) is 4.75. The molecule has 1 aromatic rings. The Bertz CT molecular complexity index is 350. The van der Waals surface area contributed by atoms with Crippen LogP contribution in [0.4, 0.5) is 0 Å². The van der Waals surface area contributed by atoms with Crippen LogP contribution in [0.25, 0.3) is 0 Å². The van der Waals surface area contributed by atoms with Gasteiger partial charge in [-0.3, -0.25) is 0 Å². The minimum absolute atomic E-state index is 0.249. The molecule has 1 unspecified atom stereocenters. The summed E-state index contributed by atoms with van der Waals surface area (Å²) in [5, 5.41) is 3.65. The van der Waals surface area contributed by atoms with E-state index < -0.39 is 0 Å². The van der Waals surface area contributed by atoms with Crippen LogP contribution in [-0.2, 0) is 10.2 Å². The van der Waals surface area contributed by atoms with Gasteiger partial charge in [0.2, 0.25) is 0 Å². The smallest absolute Gasteiger partial charge is 0.0462 e. The summed E-state index contributed by atoms with van der Waals surface area (Å²) < 4.78 is 5.18. The minimum Gasteiger partial charge on any atom is -0.385 e. The van der Waals surface area contributed by atoms with Crippen molar-refractivity contribution < 1.29 is 4.74 Å². The third-order valence-corrected chi connectivity index (χ3v) is 4.17. The van der Waals surface area contributed by atoms with E-state index in [2.05, 4.69) is 56.4 Å². The van der Waals surface area contributed by atoms with Gasteiger partial charge in [-0.1, -0.05) is 57.5 Å². The Labute approximate surface area is 124 Å². The van der Waals surface area contributed by atoms with Crippen molar-refractivity contribution >= 4 is 0 Å². The van der Waals surface area contributed by atoms with E-state index in [1.54, 1.807) is 7.11 Å². The van der Waals surface area contributed by atoms with Crippen molar-refractivity contribution in [3.05, 3.63) is 35.9 Å². The van der Waals surface area contributed by atoms with Crippen LogP contribution in [0.5, 0.6) is 0 Å². The van der Waals surface area contributed by atoms with Gasteiger partial charge in [0.25, 0.3) is 0 Å². The van der Waals surface area contributed by atoms with Gasteiger partial charge in [-0.2, -0.15) is 0 Å². The summed E-state index contributed by atoms with van der Waals surface area (Å²) in [6, 6.07) is 11.5. The first kappa shape index (κ1) is 17.2. The van der Waals surface area contributed by atoms with Crippen LogP contribution in [0, 0.1) is 0 Å². The second-order valence-corrected chi connectivity index (χ2v) is 5.99. The first-order chi connectivity index (χ1) is 9.64. The van der Waals surface area contributed by atoms with E-state index in [9.17, 15) is 0 Å². The summed E-state index contributed by atoms with van der Waals surface area (Å²) in [4.78, 5) is 0. The van der Waals surface area contributed by atoms with E-state index >= 15 is 0 Å². The Morgan fingerprint density at radius 2 is 1.85 bits per heavy atom. The molecule has 0 aliphatic carbocycles. The first-order valence-corrected chi connectivity index (χ1v) is 7.92. The third kappa shape index (κ3) is 5.26. The molecule has 0 aliphatic rings. The van der Waals surface area contributed by atoms with E-state index in [1.807, 2.05) is 0 Å². The number of hydrogen-bond donors (Lipinski definition) is 1. The Balaban J connectivity index is 2.79. The molecule has 0 aliphatic heterocycles. The molecule has 0 saturated carbocycles. The zero-order valence-electron chi connectivity index (χ0n) is 13.6. The molecule has 114 valence electrons. The molecule has 0 amide bonds. The SMILES string of the molecule is CCC(CCCCOC)(CNC(C)C)c1ccccc1. The number of hydrogen-bond acceptors (Lipinski definition) is 2. The molecular weight excluding hydrogens is 246 g/mol. The van der Waals surface area contributed by atoms with Crippen LogP contribution in [0.15, 0.2) is 30.3 Å². The standard InChI is InChI=1S/C18H31NO/c1-5-18(15-19-16(2)3,13-9-10-14-20-4)17-11-7-6-8-12-17/h6-8,11-12,16,19H,5,9-10,13-15H2,1-4H3. The lowest BCUT2D eigenvalue weighted by Crippen LogP contribution is -2.40. The highest BCUT2D eigenvalue weighted by Crippen LogP contribution is 2.33. The lowest BCUT2D eigenvalue weighted by Gasteiger charge is -2.35. The van der Waals surface area contributed by atoms with Gasteiger partial charge in [0.1, 0.15) is 0 Å². The van der Waals surface area contributed by atoms with E-state index in [-0.39, 0.29) is 5.41 Å². The maximum absolute atomic E-state index is 5.18. The minimum atomic E-state index is 0.249. The zero-order chi connectivity index (χ0) is 14.8. The zero-order valence-corrected chi connectivity index (χ0v) is 13.6. The molecule has 0 fully saturated rings. The average molecular weight is 277 g/mol. The largest absolute Gasteiger partial charge is 0.385 e. The molecule has 1 rings (SSSR count). The summed E-state index contributed by atoms with van der Waals surface area (Å²) in [5.41, 5.74) is 1.72. The maximum Gasteiger partial charge on any atom is 0.0462 e. The van der Waals surface area contributed by atoms with Crippen molar-refractivity contribution in [2.75, 3.05) is 20.3 Å². The Morgan fingerprint density at radius 1 is 1.15 bits per heavy atom. The molecule has 20 heavy (non-hydrogen) atoms. The van der Waals surface area contributed by atoms with E-state index in [0.717, 1.165) is 19.6 Å². The van der Waals surface area contributed by atoms with Crippen molar-refractivity contribution in [2.45, 2.75) is 57.9 Å². The van der Waals surface area contributed by atoms with Crippen molar-refractivity contribution in [3.8, 4) is 0 Å². The highest BCUT2D eigenvalue weighted by molar-refractivity contribution is 5.26. The third-order valence-electron chi connectivity index (χ3n) is 4.17. The van der Waals surface area contributed by atoms with E-state index in [0.29, 0.717) is 6.04 Å². The summed E-state index contributed by atoms with van der Waals surface area (Å²) in [6.45, 7) is 8.67. The molecule has 0 spiro atoms. The molecular formula is C18H31NO.